The minimum atomic E-state index is 1.12. The molecule has 222 valence electrons. The topological polar surface area (TPSA) is 3.24 Å². The van der Waals surface area contributed by atoms with Crippen molar-refractivity contribution in [3.05, 3.63) is 200 Å². The number of hydrogen-bond donors (Lipinski definition) is 0. The molecule has 0 aliphatic carbocycles. The molecule has 1 nitrogen and oxygen atoms in total. The van der Waals surface area contributed by atoms with E-state index in [1.165, 1.54) is 55.3 Å². The van der Waals surface area contributed by atoms with Crippen LogP contribution in [0.2, 0.25) is 0 Å². The molecule has 0 radical (unpaired) electrons. The van der Waals surface area contributed by atoms with Crippen LogP contribution < -0.4 is 4.90 Å². The van der Waals surface area contributed by atoms with Gasteiger partial charge in [-0.05, 0) is 97.7 Å². The minimum absolute atomic E-state index is 1.12. The Bertz CT molecular complexity index is 2250. The molecule has 0 aromatic heterocycles. The van der Waals surface area contributed by atoms with Gasteiger partial charge in [-0.1, -0.05) is 158 Å². The lowest BCUT2D eigenvalue weighted by molar-refractivity contribution is 1.28. The van der Waals surface area contributed by atoms with E-state index in [1.54, 1.807) is 0 Å². The third-order valence-electron chi connectivity index (χ3n) is 8.89. The SMILES string of the molecule is c1ccc(-c2ccc(N(c3ccccc3)c3ccc(-c4ccc(-c5cccc(-c6cccc7ccccc67)c5)cc4)cc3)cc2)cc1. The summed E-state index contributed by atoms with van der Waals surface area (Å²) >= 11 is 0. The maximum atomic E-state index is 2.31. The number of nitrogens with zero attached hydrogens (tertiary/aromatic N) is 1. The van der Waals surface area contributed by atoms with Gasteiger partial charge in [-0.15, -0.1) is 0 Å². The van der Waals surface area contributed by atoms with Crippen LogP contribution >= 0.6 is 0 Å². The van der Waals surface area contributed by atoms with Gasteiger partial charge in [-0.25, -0.2) is 0 Å². The Morgan fingerprint density at radius 3 is 1.30 bits per heavy atom. The molecule has 8 rings (SSSR count). The highest BCUT2D eigenvalue weighted by Gasteiger charge is 2.13. The van der Waals surface area contributed by atoms with E-state index in [1.807, 2.05) is 0 Å². The fourth-order valence-corrected chi connectivity index (χ4v) is 6.46. The van der Waals surface area contributed by atoms with Gasteiger partial charge in [0.05, 0.1) is 0 Å². The number of hydrogen-bond acceptors (Lipinski definition) is 1. The first-order valence-electron chi connectivity index (χ1n) is 16.1. The van der Waals surface area contributed by atoms with E-state index >= 15 is 0 Å². The smallest absolute Gasteiger partial charge is 0.0462 e. The molecule has 0 atom stereocenters. The minimum Gasteiger partial charge on any atom is -0.311 e. The maximum absolute atomic E-state index is 2.31. The number of benzene rings is 8. The molecule has 0 fully saturated rings. The molecule has 1 heteroatoms. The van der Waals surface area contributed by atoms with Crippen molar-refractivity contribution in [2.45, 2.75) is 0 Å². The van der Waals surface area contributed by atoms with Crippen molar-refractivity contribution in [3.63, 3.8) is 0 Å². The third-order valence-corrected chi connectivity index (χ3v) is 8.89. The van der Waals surface area contributed by atoms with E-state index in [0.29, 0.717) is 0 Å². The lowest BCUT2D eigenvalue weighted by Gasteiger charge is -2.26. The van der Waals surface area contributed by atoms with Gasteiger partial charge >= 0.3 is 0 Å². The highest BCUT2D eigenvalue weighted by atomic mass is 15.1. The van der Waals surface area contributed by atoms with Gasteiger partial charge in [0.2, 0.25) is 0 Å². The average molecular weight is 600 g/mol. The summed E-state index contributed by atoms with van der Waals surface area (Å²) in [5, 5.41) is 2.54. The number of rotatable bonds is 7. The summed E-state index contributed by atoms with van der Waals surface area (Å²) in [5.41, 5.74) is 13.1. The van der Waals surface area contributed by atoms with Gasteiger partial charge in [0.25, 0.3) is 0 Å². The molecule has 0 heterocycles. The van der Waals surface area contributed by atoms with E-state index in [-0.39, 0.29) is 0 Å². The highest BCUT2D eigenvalue weighted by Crippen LogP contribution is 2.37. The lowest BCUT2D eigenvalue weighted by Crippen LogP contribution is -2.09. The van der Waals surface area contributed by atoms with Crippen LogP contribution in [-0.2, 0) is 0 Å². The van der Waals surface area contributed by atoms with Crippen LogP contribution in [0.1, 0.15) is 0 Å². The highest BCUT2D eigenvalue weighted by molar-refractivity contribution is 5.97. The van der Waals surface area contributed by atoms with Crippen molar-refractivity contribution in [2.75, 3.05) is 4.90 Å². The molecule has 0 bridgehead atoms. The van der Waals surface area contributed by atoms with Crippen LogP contribution in [0.3, 0.4) is 0 Å². The summed E-state index contributed by atoms with van der Waals surface area (Å²) in [6.45, 7) is 0. The Labute approximate surface area is 276 Å². The molecule has 0 spiro atoms. The monoisotopic (exact) mass is 599 g/mol. The van der Waals surface area contributed by atoms with E-state index in [4.69, 9.17) is 0 Å². The van der Waals surface area contributed by atoms with Gasteiger partial charge < -0.3 is 4.90 Å². The van der Waals surface area contributed by atoms with Crippen molar-refractivity contribution in [3.8, 4) is 44.5 Å². The molecule has 0 saturated carbocycles. The summed E-state index contributed by atoms with van der Waals surface area (Å²) in [6, 6.07) is 71.7. The van der Waals surface area contributed by atoms with Crippen LogP contribution in [0.4, 0.5) is 17.1 Å². The van der Waals surface area contributed by atoms with Crippen LogP contribution in [0, 0.1) is 0 Å². The first-order chi connectivity index (χ1) is 23.3. The molecule has 0 N–H and O–H groups in total. The van der Waals surface area contributed by atoms with Crippen LogP contribution in [0.15, 0.2) is 200 Å². The Morgan fingerprint density at radius 1 is 0.255 bits per heavy atom. The zero-order chi connectivity index (χ0) is 31.4. The fraction of sp³-hybridized carbons (Fsp3) is 0. The van der Waals surface area contributed by atoms with Crippen molar-refractivity contribution in [1.29, 1.82) is 0 Å². The van der Waals surface area contributed by atoms with Crippen molar-refractivity contribution in [2.24, 2.45) is 0 Å². The Balaban J connectivity index is 1.06. The maximum Gasteiger partial charge on any atom is 0.0462 e. The second-order valence-electron chi connectivity index (χ2n) is 11.8. The summed E-state index contributed by atoms with van der Waals surface area (Å²) < 4.78 is 0. The van der Waals surface area contributed by atoms with E-state index in [0.717, 1.165) is 17.1 Å². The predicted octanol–water partition coefficient (Wildman–Crippen LogP) is 13.0. The largest absolute Gasteiger partial charge is 0.311 e. The van der Waals surface area contributed by atoms with Crippen molar-refractivity contribution < 1.29 is 0 Å². The van der Waals surface area contributed by atoms with Gasteiger partial charge in [-0.3, -0.25) is 0 Å². The fourth-order valence-electron chi connectivity index (χ4n) is 6.46. The number of para-hydroxylation sites is 1. The molecule has 0 unspecified atom stereocenters. The van der Waals surface area contributed by atoms with Gasteiger partial charge in [0, 0.05) is 17.1 Å². The standard InChI is InChI=1S/C46H33N/c1-3-11-34(12-4-1)36-25-29-43(30-26-36)47(42-17-5-2-6-18-42)44-31-27-37(28-32-44)35-21-23-38(24-22-35)40-15-9-16-41(33-40)46-20-10-14-39-13-7-8-19-45(39)46/h1-33H. The first-order valence-corrected chi connectivity index (χ1v) is 16.1. The molecular formula is C46H33N. The lowest BCUT2D eigenvalue weighted by atomic mass is 9.94. The zero-order valence-electron chi connectivity index (χ0n) is 26.0. The number of anilines is 3. The van der Waals surface area contributed by atoms with Gasteiger partial charge in [0.1, 0.15) is 0 Å². The molecule has 0 aliphatic heterocycles. The third kappa shape index (κ3) is 5.83. The summed E-state index contributed by atoms with van der Waals surface area (Å²) in [7, 11) is 0. The zero-order valence-corrected chi connectivity index (χ0v) is 26.0. The average Bonchev–Trinajstić information content (AvgIpc) is 3.16. The molecule has 0 saturated heterocycles. The van der Waals surface area contributed by atoms with E-state index in [9.17, 15) is 0 Å². The molecule has 8 aromatic carbocycles. The molecule has 8 aromatic rings. The Morgan fingerprint density at radius 2 is 0.660 bits per heavy atom. The second-order valence-corrected chi connectivity index (χ2v) is 11.8. The molecular weight excluding hydrogens is 567 g/mol. The van der Waals surface area contributed by atoms with Gasteiger partial charge in [-0.2, -0.15) is 0 Å². The Hall–Kier alpha value is -6.18. The number of fused-ring (bicyclic) bond motifs is 1. The van der Waals surface area contributed by atoms with Crippen LogP contribution in [0.25, 0.3) is 55.3 Å². The molecule has 0 aliphatic rings. The first kappa shape index (κ1) is 28.3. The van der Waals surface area contributed by atoms with E-state index in [2.05, 4.69) is 205 Å². The summed E-state index contributed by atoms with van der Waals surface area (Å²) in [5.74, 6) is 0. The van der Waals surface area contributed by atoms with Crippen LogP contribution in [0.5, 0.6) is 0 Å². The normalized spacial score (nSPS) is 11.0. The van der Waals surface area contributed by atoms with Crippen molar-refractivity contribution in [1.82, 2.24) is 0 Å². The van der Waals surface area contributed by atoms with Crippen molar-refractivity contribution >= 4 is 27.8 Å². The molecule has 47 heavy (non-hydrogen) atoms. The summed E-state index contributed by atoms with van der Waals surface area (Å²) in [4.78, 5) is 2.31. The quantitative estimate of drug-likeness (QED) is 0.176. The van der Waals surface area contributed by atoms with Gasteiger partial charge in [0.15, 0.2) is 0 Å². The molecule has 0 amide bonds. The Kier molecular flexibility index (Phi) is 7.63. The second kappa shape index (κ2) is 12.7. The van der Waals surface area contributed by atoms with Crippen LogP contribution in [-0.4, -0.2) is 0 Å². The summed E-state index contributed by atoms with van der Waals surface area (Å²) in [6.07, 6.45) is 0. The predicted molar refractivity (Wildman–Crippen MR) is 200 cm³/mol. The van der Waals surface area contributed by atoms with E-state index < -0.39 is 0 Å².